The Hall–Kier alpha value is -3.54. The fourth-order valence-corrected chi connectivity index (χ4v) is 3.66. The number of rotatable bonds is 4. The number of nitriles is 1. The SMILES string of the molecule is C=C(c1ccc(-c2cnc(N3CCN(C(=O)C(F)(F)F)CC3)c(C#N)c2)cc1C)N(C)C. The van der Waals surface area contributed by atoms with Gasteiger partial charge < -0.3 is 14.7 Å². The van der Waals surface area contributed by atoms with E-state index in [1.807, 2.05) is 44.1 Å². The fraction of sp³-hybridized carbons (Fsp3) is 0.348. The van der Waals surface area contributed by atoms with Gasteiger partial charge in [0, 0.05) is 63.3 Å². The van der Waals surface area contributed by atoms with Crippen molar-refractivity contribution in [1.82, 2.24) is 14.8 Å². The molecular formula is C23H24F3N5O. The van der Waals surface area contributed by atoms with Crippen LogP contribution < -0.4 is 4.90 Å². The molecule has 6 nitrogen and oxygen atoms in total. The smallest absolute Gasteiger partial charge is 0.378 e. The zero-order valence-electron chi connectivity index (χ0n) is 18.2. The molecule has 0 radical (unpaired) electrons. The summed E-state index contributed by atoms with van der Waals surface area (Å²) in [5, 5.41) is 9.65. The van der Waals surface area contributed by atoms with Gasteiger partial charge in [-0.05, 0) is 24.1 Å². The number of carbonyl (C=O) groups excluding carboxylic acids is 1. The van der Waals surface area contributed by atoms with Crippen molar-refractivity contribution >= 4 is 17.4 Å². The Morgan fingerprint density at radius 3 is 2.34 bits per heavy atom. The van der Waals surface area contributed by atoms with Gasteiger partial charge >= 0.3 is 12.1 Å². The van der Waals surface area contributed by atoms with Gasteiger partial charge in [-0.25, -0.2) is 4.98 Å². The minimum absolute atomic E-state index is 0.0803. The molecule has 1 saturated heterocycles. The topological polar surface area (TPSA) is 63.5 Å². The number of pyridine rings is 1. The third kappa shape index (κ3) is 4.69. The van der Waals surface area contributed by atoms with Crippen molar-refractivity contribution in [3.05, 3.63) is 53.7 Å². The highest BCUT2D eigenvalue weighted by Gasteiger charge is 2.43. The van der Waals surface area contributed by atoms with E-state index in [9.17, 15) is 23.2 Å². The average Bonchev–Trinajstić information content (AvgIpc) is 2.77. The maximum atomic E-state index is 12.6. The minimum Gasteiger partial charge on any atom is -0.378 e. The highest BCUT2D eigenvalue weighted by atomic mass is 19.4. The van der Waals surface area contributed by atoms with Crippen LogP contribution in [-0.4, -0.2) is 67.1 Å². The first-order valence-electron chi connectivity index (χ1n) is 10.0. The van der Waals surface area contributed by atoms with Crippen LogP contribution in [0.3, 0.4) is 0 Å². The van der Waals surface area contributed by atoms with Gasteiger partial charge in [0.15, 0.2) is 0 Å². The molecule has 1 aliphatic rings. The average molecular weight is 443 g/mol. The summed E-state index contributed by atoms with van der Waals surface area (Å²) in [6.45, 7) is 6.25. The Morgan fingerprint density at radius 2 is 1.81 bits per heavy atom. The standard InChI is InChI=1S/C23H24F3N5O/c1-15-11-17(5-6-20(15)16(2)29(3)4)19-12-18(13-27)21(28-14-19)30-7-9-31(10-8-30)22(32)23(24,25)26/h5-6,11-12,14H,2,7-10H2,1,3-4H3. The van der Waals surface area contributed by atoms with Crippen LogP contribution in [0, 0.1) is 18.3 Å². The summed E-state index contributed by atoms with van der Waals surface area (Å²) in [4.78, 5) is 20.3. The normalized spacial score (nSPS) is 14.2. The van der Waals surface area contributed by atoms with Crippen LogP contribution in [0.15, 0.2) is 37.0 Å². The molecule has 3 rings (SSSR count). The summed E-state index contributed by atoms with van der Waals surface area (Å²) in [5.41, 5.74) is 4.94. The van der Waals surface area contributed by atoms with Crippen LogP contribution >= 0.6 is 0 Å². The number of carbonyl (C=O) groups is 1. The minimum atomic E-state index is -4.88. The Kier molecular flexibility index (Phi) is 6.44. The van der Waals surface area contributed by atoms with E-state index < -0.39 is 12.1 Å². The Morgan fingerprint density at radius 1 is 1.16 bits per heavy atom. The molecule has 1 aliphatic heterocycles. The molecule has 0 N–H and O–H groups in total. The summed E-state index contributed by atoms with van der Waals surface area (Å²) in [5.74, 6) is -1.43. The van der Waals surface area contributed by atoms with Gasteiger partial charge in [-0.2, -0.15) is 18.4 Å². The summed E-state index contributed by atoms with van der Waals surface area (Å²) in [6, 6.07) is 9.78. The second kappa shape index (κ2) is 8.91. The van der Waals surface area contributed by atoms with Crippen LogP contribution in [0.1, 0.15) is 16.7 Å². The van der Waals surface area contributed by atoms with Crippen LogP contribution in [0.2, 0.25) is 0 Å². The quantitative estimate of drug-likeness (QED) is 0.722. The third-order valence-corrected chi connectivity index (χ3v) is 5.51. The summed E-state index contributed by atoms with van der Waals surface area (Å²) >= 11 is 0. The number of aryl methyl sites for hydroxylation is 1. The lowest BCUT2D eigenvalue weighted by atomic mass is 9.98. The predicted octanol–water partition coefficient (Wildman–Crippen LogP) is 3.67. The first-order chi connectivity index (χ1) is 15.0. The number of nitrogens with zero attached hydrogens (tertiary/aromatic N) is 5. The lowest BCUT2D eigenvalue weighted by molar-refractivity contribution is -0.185. The van der Waals surface area contributed by atoms with Crippen molar-refractivity contribution in [2.75, 3.05) is 45.2 Å². The van der Waals surface area contributed by atoms with E-state index in [1.54, 1.807) is 17.2 Å². The Labute approximate surface area is 185 Å². The molecule has 2 aromatic rings. The van der Waals surface area contributed by atoms with Crippen LogP contribution in [0.5, 0.6) is 0 Å². The number of halogens is 3. The van der Waals surface area contributed by atoms with E-state index in [4.69, 9.17) is 0 Å². The number of benzene rings is 1. The Bertz CT molecular complexity index is 1080. The molecule has 0 spiro atoms. The monoisotopic (exact) mass is 443 g/mol. The molecule has 2 heterocycles. The molecule has 0 bridgehead atoms. The molecule has 1 fully saturated rings. The van der Waals surface area contributed by atoms with Gasteiger partial charge in [0.25, 0.3) is 0 Å². The number of hydrogen-bond acceptors (Lipinski definition) is 5. The van der Waals surface area contributed by atoms with Crippen LogP contribution in [0.4, 0.5) is 19.0 Å². The molecule has 168 valence electrons. The number of piperazine rings is 1. The molecule has 1 aromatic heterocycles. The molecule has 0 atom stereocenters. The van der Waals surface area contributed by atoms with Crippen LogP contribution in [-0.2, 0) is 4.79 Å². The van der Waals surface area contributed by atoms with Crippen molar-refractivity contribution in [2.24, 2.45) is 0 Å². The second-order valence-corrected chi connectivity index (χ2v) is 7.85. The van der Waals surface area contributed by atoms with E-state index in [1.165, 1.54) is 0 Å². The highest BCUT2D eigenvalue weighted by Crippen LogP contribution is 2.29. The van der Waals surface area contributed by atoms with Crippen molar-refractivity contribution in [2.45, 2.75) is 13.1 Å². The van der Waals surface area contributed by atoms with Gasteiger partial charge in [0.1, 0.15) is 11.9 Å². The summed E-state index contributed by atoms with van der Waals surface area (Å²) < 4.78 is 37.9. The number of hydrogen-bond donors (Lipinski definition) is 0. The van der Waals surface area contributed by atoms with Crippen molar-refractivity contribution in [3.63, 3.8) is 0 Å². The summed E-state index contributed by atoms with van der Waals surface area (Å²) in [6.07, 6.45) is -3.23. The molecule has 0 aliphatic carbocycles. The predicted molar refractivity (Wildman–Crippen MR) is 117 cm³/mol. The zero-order valence-corrected chi connectivity index (χ0v) is 18.2. The molecule has 9 heteroatoms. The molecule has 0 unspecified atom stereocenters. The van der Waals surface area contributed by atoms with E-state index in [2.05, 4.69) is 17.6 Å². The lowest BCUT2D eigenvalue weighted by Gasteiger charge is -2.35. The van der Waals surface area contributed by atoms with Gasteiger partial charge in [-0.3, -0.25) is 4.79 Å². The number of aromatic nitrogens is 1. The van der Waals surface area contributed by atoms with E-state index in [-0.39, 0.29) is 26.2 Å². The molecular weight excluding hydrogens is 419 g/mol. The third-order valence-electron chi connectivity index (χ3n) is 5.51. The number of alkyl halides is 3. The summed E-state index contributed by atoms with van der Waals surface area (Å²) in [7, 11) is 3.85. The van der Waals surface area contributed by atoms with E-state index in [0.717, 1.165) is 32.9 Å². The van der Waals surface area contributed by atoms with E-state index in [0.29, 0.717) is 11.4 Å². The molecule has 1 amide bonds. The maximum absolute atomic E-state index is 12.6. The van der Waals surface area contributed by atoms with Gasteiger partial charge in [0.05, 0.1) is 5.56 Å². The van der Waals surface area contributed by atoms with Gasteiger partial charge in [-0.1, -0.05) is 24.8 Å². The zero-order chi connectivity index (χ0) is 23.6. The molecule has 0 saturated carbocycles. The van der Waals surface area contributed by atoms with Crippen molar-refractivity contribution in [3.8, 4) is 17.2 Å². The van der Waals surface area contributed by atoms with Gasteiger partial charge in [-0.15, -0.1) is 0 Å². The van der Waals surface area contributed by atoms with Crippen molar-refractivity contribution in [1.29, 1.82) is 5.26 Å². The van der Waals surface area contributed by atoms with Gasteiger partial charge in [0.2, 0.25) is 0 Å². The fourth-order valence-electron chi connectivity index (χ4n) is 3.66. The van der Waals surface area contributed by atoms with Crippen molar-refractivity contribution < 1.29 is 18.0 Å². The molecule has 1 aromatic carbocycles. The Balaban J connectivity index is 1.81. The number of anilines is 1. The first-order valence-corrected chi connectivity index (χ1v) is 10.0. The van der Waals surface area contributed by atoms with Crippen LogP contribution in [0.25, 0.3) is 16.8 Å². The maximum Gasteiger partial charge on any atom is 0.471 e. The second-order valence-electron chi connectivity index (χ2n) is 7.85. The number of amides is 1. The van der Waals surface area contributed by atoms with E-state index >= 15 is 0 Å². The lowest BCUT2D eigenvalue weighted by Crippen LogP contribution is -2.52. The molecule has 32 heavy (non-hydrogen) atoms. The first kappa shape index (κ1) is 23.1. The largest absolute Gasteiger partial charge is 0.471 e. The highest BCUT2D eigenvalue weighted by molar-refractivity contribution is 5.82.